The Kier molecular flexibility index (Phi) is 4.00. The van der Waals surface area contributed by atoms with Gasteiger partial charge in [-0.05, 0) is 49.7 Å². The molecule has 1 nitrogen and oxygen atoms in total. The minimum Gasteiger partial charge on any atom is -0.310 e. The largest absolute Gasteiger partial charge is 0.310 e. The quantitative estimate of drug-likeness (QED) is 0.775. The smallest absolute Gasteiger partial charge is 0.0161 e. The summed E-state index contributed by atoms with van der Waals surface area (Å²) in [5, 5.41) is 3.87. The third-order valence-electron chi connectivity index (χ3n) is 3.97. The van der Waals surface area contributed by atoms with Gasteiger partial charge in [0.05, 0.1) is 0 Å². The van der Waals surface area contributed by atoms with Crippen molar-refractivity contribution in [3.8, 4) is 0 Å². The van der Waals surface area contributed by atoms with Crippen LogP contribution in [-0.2, 0) is 0 Å². The van der Waals surface area contributed by atoms with Crippen LogP contribution in [0.2, 0.25) is 0 Å². The van der Waals surface area contributed by atoms with E-state index < -0.39 is 0 Å². The molecule has 88 valence electrons. The molecule has 1 atom stereocenters. The zero-order valence-corrected chi connectivity index (χ0v) is 11.0. The molecule has 2 fully saturated rings. The van der Waals surface area contributed by atoms with E-state index in [2.05, 4.69) is 30.9 Å². The average molecular weight is 227 g/mol. The van der Waals surface area contributed by atoms with E-state index in [1.165, 1.54) is 50.0 Å². The number of hydrogen-bond acceptors (Lipinski definition) is 2. The van der Waals surface area contributed by atoms with Gasteiger partial charge in [0.15, 0.2) is 0 Å². The molecule has 0 aromatic rings. The van der Waals surface area contributed by atoms with Crippen molar-refractivity contribution in [2.24, 2.45) is 5.41 Å². The van der Waals surface area contributed by atoms with Crippen molar-refractivity contribution >= 4 is 11.8 Å². The van der Waals surface area contributed by atoms with E-state index in [0.29, 0.717) is 5.41 Å². The fourth-order valence-corrected chi connectivity index (χ4v) is 3.86. The molecule has 2 heteroatoms. The minimum absolute atomic E-state index is 0.611. The summed E-state index contributed by atoms with van der Waals surface area (Å²) in [4.78, 5) is 0. The van der Waals surface area contributed by atoms with Gasteiger partial charge in [-0.3, -0.25) is 0 Å². The van der Waals surface area contributed by atoms with E-state index in [0.717, 1.165) is 12.1 Å². The fraction of sp³-hybridized carbons (Fsp3) is 1.00. The Balaban J connectivity index is 1.71. The van der Waals surface area contributed by atoms with Gasteiger partial charge in [-0.1, -0.05) is 13.8 Å². The summed E-state index contributed by atoms with van der Waals surface area (Å²) in [5.41, 5.74) is 0.611. The van der Waals surface area contributed by atoms with Crippen LogP contribution < -0.4 is 5.32 Å². The zero-order valence-electron chi connectivity index (χ0n) is 10.2. The molecule has 0 amide bonds. The second-order valence-corrected chi connectivity index (χ2v) is 7.17. The van der Waals surface area contributed by atoms with Crippen LogP contribution in [0.5, 0.6) is 0 Å². The third-order valence-corrected chi connectivity index (χ3v) is 5.19. The van der Waals surface area contributed by atoms with Gasteiger partial charge < -0.3 is 5.32 Å². The van der Waals surface area contributed by atoms with Crippen LogP contribution >= 0.6 is 11.8 Å². The number of hydrogen-bond donors (Lipinski definition) is 1. The molecule has 1 heterocycles. The predicted octanol–water partition coefficient (Wildman–Crippen LogP) is 3.44. The van der Waals surface area contributed by atoms with Crippen LogP contribution in [0, 0.1) is 5.41 Å². The van der Waals surface area contributed by atoms with Crippen LogP contribution in [0.3, 0.4) is 0 Å². The molecular formula is C13H25NS. The maximum absolute atomic E-state index is 3.87. The molecule has 1 N–H and O–H groups in total. The summed E-state index contributed by atoms with van der Waals surface area (Å²) >= 11 is 2.13. The Morgan fingerprint density at radius 3 is 2.40 bits per heavy atom. The van der Waals surface area contributed by atoms with Crippen molar-refractivity contribution in [3.05, 3.63) is 0 Å². The van der Waals surface area contributed by atoms with Gasteiger partial charge in [0.1, 0.15) is 0 Å². The first-order valence-corrected chi connectivity index (χ1v) is 7.65. The SMILES string of the molecule is CC1(C)CCC(NC2CCCSC2)CC1. The Labute approximate surface area is 98.8 Å². The maximum Gasteiger partial charge on any atom is 0.0161 e. The van der Waals surface area contributed by atoms with Gasteiger partial charge in [-0.15, -0.1) is 0 Å². The standard InChI is InChI=1S/C13H25NS/c1-13(2)7-5-11(6-8-13)14-12-4-3-9-15-10-12/h11-12,14H,3-10H2,1-2H3. The van der Waals surface area contributed by atoms with E-state index in [1.54, 1.807) is 0 Å². The first-order chi connectivity index (χ1) is 7.16. The average Bonchev–Trinajstić information content (AvgIpc) is 2.23. The van der Waals surface area contributed by atoms with Gasteiger partial charge in [0.2, 0.25) is 0 Å². The highest BCUT2D eigenvalue weighted by atomic mass is 32.2. The van der Waals surface area contributed by atoms with Crippen molar-refractivity contribution < 1.29 is 0 Å². The highest BCUT2D eigenvalue weighted by molar-refractivity contribution is 7.99. The Morgan fingerprint density at radius 2 is 1.80 bits per heavy atom. The number of rotatable bonds is 2. The molecule has 1 saturated heterocycles. The molecular weight excluding hydrogens is 202 g/mol. The Morgan fingerprint density at radius 1 is 1.07 bits per heavy atom. The molecule has 2 aliphatic rings. The highest BCUT2D eigenvalue weighted by Crippen LogP contribution is 2.35. The van der Waals surface area contributed by atoms with Crippen molar-refractivity contribution in [2.45, 2.75) is 64.5 Å². The lowest BCUT2D eigenvalue weighted by Gasteiger charge is -2.37. The molecule has 0 aromatic carbocycles. The van der Waals surface area contributed by atoms with E-state index in [-0.39, 0.29) is 0 Å². The van der Waals surface area contributed by atoms with Crippen LogP contribution in [-0.4, -0.2) is 23.6 Å². The molecule has 0 aromatic heterocycles. The van der Waals surface area contributed by atoms with Crippen molar-refractivity contribution in [1.29, 1.82) is 0 Å². The molecule has 2 rings (SSSR count). The summed E-state index contributed by atoms with van der Waals surface area (Å²) < 4.78 is 0. The molecule has 1 unspecified atom stereocenters. The first-order valence-electron chi connectivity index (χ1n) is 6.49. The lowest BCUT2D eigenvalue weighted by Crippen LogP contribution is -2.43. The molecule has 15 heavy (non-hydrogen) atoms. The van der Waals surface area contributed by atoms with Crippen LogP contribution in [0.4, 0.5) is 0 Å². The van der Waals surface area contributed by atoms with Crippen molar-refractivity contribution in [1.82, 2.24) is 5.32 Å². The summed E-state index contributed by atoms with van der Waals surface area (Å²) in [6.07, 6.45) is 8.44. The van der Waals surface area contributed by atoms with E-state index in [9.17, 15) is 0 Å². The van der Waals surface area contributed by atoms with Gasteiger partial charge in [-0.25, -0.2) is 0 Å². The molecule has 0 spiro atoms. The van der Waals surface area contributed by atoms with E-state index >= 15 is 0 Å². The minimum atomic E-state index is 0.611. The Bertz CT molecular complexity index is 187. The van der Waals surface area contributed by atoms with Crippen LogP contribution in [0.1, 0.15) is 52.4 Å². The second-order valence-electron chi connectivity index (χ2n) is 6.02. The Hall–Kier alpha value is 0.310. The van der Waals surface area contributed by atoms with Gasteiger partial charge in [0.25, 0.3) is 0 Å². The number of nitrogens with one attached hydrogen (secondary N) is 1. The van der Waals surface area contributed by atoms with Gasteiger partial charge in [0, 0.05) is 17.8 Å². The zero-order chi connectivity index (χ0) is 10.7. The topological polar surface area (TPSA) is 12.0 Å². The molecule has 1 aliphatic carbocycles. The third kappa shape index (κ3) is 3.67. The molecule has 1 saturated carbocycles. The van der Waals surface area contributed by atoms with E-state index in [4.69, 9.17) is 0 Å². The summed E-state index contributed by atoms with van der Waals surface area (Å²) in [6, 6.07) is 1.64. The van der Waals surface area contributed by atoms with Crippen LogP contribution in [0.15, 0.2) is 0 Å². The first kappa shape index (κ1) is 11.8. The molecule has 1 aliphatic heterocycles. The fourth-order valence-electron chi connectivity index (χ4n) is 2.77. The summed E-state index contributed by atoms with van der Waals surface area (Å²) in [5.74, 6) is 2.73. The second kappa shape index (κ2) is 5.09. The summed E-state index contributed by atoms with van der Waals surface area (Å²) in [6.45, 7) is 4.83. The normalized spacial score (nSPS) is 32.8. The lowest BCUT2D eigenvalue weighted by molar-refractivity contribution is 0.198. The van der Waals surface area contributed by atoms with Crippen molar-refractivity contribution in [3.63, 3.8) is 0 Å². The van der Waals surface area contributed by atoms with Crippen LogP contribution in [0.25, 0.3) is 0 Å². The molecule has 0 bridgehead atoms. The van der Waals surface area contributed by atoms with E-state index in [1.807, 2.05) is 0 Å². The highest BCUT2D eigenvalue weighted by Gasteiger charge is 2.28. The lowest BCUT2D eigenvalue weighted by atomic mass is 9.75. The monoisotopic (exact) mass is 227 g/mol. The summed E-state index contributed by atoms with van der Waals surface area (Å²) in [7, 11) is 0. The molecule has 0 radical (unpaired) electrons. The number of thioether (sulfide) groups is 1. The van der Waals surface area contributed by atoms with Gasteiger partial charge in [-0.2, -0.15) is 11.8 Å². The predicted molar refractivity (Wildman–Crippen MR) is 69.5 cm³/mol. The van der Waals surface area contributed by atoms with Crippen molar-refractivity contribution in [2.75, 3.05) is 11.5 Å². The maximum atomic E-state index is 3.87. The van der Waals surface area contributed by atoms with Gasteiger partial charge >= 0.3 is 0 Å².